The van der Waals surface area contributed by atoms with Crippen molar-refractivity contribution in [3.05, 3.63) is 17.6 Å². The summed E-state index contributed by atoms with van der Waals surface area (Å²) in [7, 11) is 0. The van der Waals surface area contributed by atoms with Crippen LogP contribution in [-0.2, 0) is 11.2 Å². The molecule has 19 heavy (non-hydrogen) atoms. The van der Waals surface area contributed by atoms with Crippen molar-refractivity contribution in [1.82, 2.24) is 9.97 Å². The Hall–Kier alpha value is -1.16. The second kappa shape index (κ2) is 5.45. The number of anilines is 1. The zero-order chi connectivity index (χ0) is 13.2. The van der Waals surface area contributed by atoms with Crippen molar-refractivity contribution in [3.8, 4) is 0 Å². The highest BCUT2D eigenvalue weighted by atomic mass is 16.5. The topological polar surface area (TPSA) is 38.2 Å². The van der Waals surface area contributed by atoms with Crippen LogP contribution in [0.3, 0.4) is 0 Å². The van der Waals surface area contributed by atoms with Crippen LogP contribution in [0.15, 0.2) is 6.07 Å². The molecule has 2 aliphatic rings. The highest BCUT2D eigenvalue weighted by Crippen LogP contribution is 2.30. The number of hydrogen-bond donors (Lipinski definition) is 0. The van der Waals surface area contributed by atoms with E-state index in [0.717, 1.165) is 49.9 Å². The fourth-order valence-electron chi connectivity index (χ4n) is 3.25. The quantitative estimate of drug-likeness (QED) is 0.819. The van der Waals surface area contributed by atoms with Crippen LogP contribution in [0.4, 0.5) is 5.82 Å². The predicted octanol–water partition coefficient (Wildman–Crippen LogP) is 2.35. The van der Waals surface area contributed by atoms with E-state index >= 15 is 0 Å². The Morgan fingerprint density at radius 1 is 1.37 bits per heavy atom. The summed E-state index contributed by atoms with van der Waals surface area (Å²) in [4.78, 5) is 11.5. The summed E-state index contributed by atoms with van der Waals surface area (Å²) in [5.74, 6) is 2.67. The van der Waals surface area contributed by atoms with Gasteiger partial charge in [0.15, 0.2) is 0 Å². The molecule has 3 heterocycles. The first kappa shape index (κ1) is 12.9. The van der Waals surface area contributed by atoms with E-state index in [2.05, 4.69) is 27.9 Å². The van der Waals surface area contributed by atoms with Crippen LogP contribution < -0.4 is 4.90 Å². The first-order valence-electron chi connectivity index (χ1n) is 7.47. The average molecular weight is 261 g/mol. The van der Waals surface area contributed by atoms with Gasteiger partial charge in [-0.3, -0.25) is 0 Å². The molecule has 4 heteroatoms. The molecule has 4 nitrogen and oxygen atoms in total. The molecule has 0 saturated carbocycles. The second-order valence-corrected chi connectivity index (χ2v) is 5.66. The third kappa shape index (κ3) is 2.73. The summed E-state index contributed by atoms with van der Waals surface area (Å²) in [6, 6.07) is 2.15. The van der Waals surface area contributed by atoms with Gasteiger partial charge in [-0.1, -0.05) is 6.92 Å². The normalized spacial score (nSPS) is 27.2. The lowest BCUT2D eigenvalue weighted by molar-refractivity contribution is -0.0358. The standard InChI is InChI=1S/C15H23N3O/c1-3-13-9-15(17-11(2)16-13)18-7-6-14-12(10-18)5-4-8-19-14/h9,12,14H,3-8,10H2,1-2H3. The van der Waals surface area contributed by atoms with Crippen molar-refractivity contribution in [1.29, 1.82) is 0 Å². The Bertz CT molecular complexity index is 449. The molecule has 1 aromatic rings. The van der Waals surface area contributed by atoms with Crippen molar-refractivity contribution in [2.75, 3.05) is 24.6 Å². The zero-order valence-electron chi connectivity index (χ0n) is 11.9. The van der Waals surface area contributed by atoms with Gasteiger partial charge < -0.3 is 9.64 Å². The lowest BCUT2D eigenvalue weighted by Crippen LogP contribution is -2.46. The molecular formula is C15H23N3O. The molecule has 0 N–H and O–H groups in total. The van der Waals surface area contributed by atoms with Crippen LogP contribution in [-0.4, -0.2) is 35.8 Å². The SMILES string of the molecule is CCc1cc(N2CCC3OCCCC3C2)nc(C)n1. The average Bonchev–Trinajstić information content (AvgIpc) is 2.46. The van der Waals surface area contributed by atoms with E-state index in [-0.39, 0.29) is 0 Å². The first-order valence-corrected chi connectivity index (χ1v) is 7.47. The van der Waals surface area contributed by atoms with Crippen LogP contribution in [0.5, 0.6) is 0 Å². The van der Waals surface area contributed by atoms with Crippen LogP contribution in [0, 0.1) is 12.8 Å². The van der Waals surface area contributed by atoms with Gasteiger partial charge in [0.25, 0.3) is 0 Å². The van der Waals surface area contributed by atoms with Gasteiger partial charge in [0.2, 0.25) is 0 Å². The second-order valence-electron chi connectivity index (χ2n) is 5.66. The first-order chi connectivity index (χ1) is 9.26. The smallest absolute Gasteiger partial charge is 0.132 e. The van der Waals surface area contributed by atoms with Crippen molar-refractivity contribution in [2.45, 2.75) is 45.6 Å². The molecule has 2 aliphatic heterocycles. The molecule has 0 bridgehead atoms. The van der Waals surface area contributed by atoms with Gasteiger partial charge in [0.05, 0.1) is 6.10 Å². The third-order valence-electron chi connectivity index (χ3n) is 4.28. The van der Waals surface area contributed by atoms with Gasteiger partial charge in [-0.15, -0.1) is 0 Å². The van der Waals surface area contributed by atoms with Crippen LogP contribution in [0.1, 0.15) is 37.7 Å². The van der Waals surface area contributed by atoms with E-state index in [1.54, 1.807) is 0 Å². The van der Waals surface area contributed by atoms with Crippen LogP contribution in [0.2, 0.25) is 0 Å². The minimum atomic E-state index is 0.485. The van der Waals surface area contributed by atoms with Gasteiger partial charge in [-0.2, -0.15) is 0 Å². The van der Waals surface area contributed by atoms with Crippen molar-refractivity contribution in [3.63, 3.8) is 0 Å². The number of rotatable bonds is 2. The maximum atomic E-state index is 5.88. The van der Waals surface area contributed by atoms with Gasteiger partial charge in [-0.05, 0) is 32.6 Å². The highest BCUT2D eigenvalue weighted by molar-refractivity contribution is 5.40. The molecule has 2 fully saturated rings. The fourth-order valence-corrected chi connectivity index (χ4v) is 3.25. The van der Waals surface area contributed by atoms with Gasteiger partial charge in [-0.25, -0.2) is 9.97 Å². The van der Waals surface area contributed by atoms with E-state index in [9.17, 15) is 0 Å². The van der Waals surface area contributed by atoms with Crippen molar-refractivity contribution >= 4 is 5.82 Å². The predicted molar refractivity (Wildman–Crippen MR) is 75.4 cm³/mol. The van der Waals surface area contributed by atoms with Crippen molar-refractivity contribution < 1.29 is 4.74 Å². The number of nitrogens with zero attached hydrogens (tertiary/aromatic N) is 3. The molecule has 1 aromatic heterocycles. The molecule has 3 rings (SSSR count). The maximum Gasteiger partial charge on any atom is 0.132 e. The zero-order valence-corrected chi connectivity index (χ0v) is 11.9. The number of piperidine rings is 1. The van der Waals surface area contributed by atoms with E-state index in [0.29, 0.717) is 12.0 Å². The van der Waals surface area contributed by atoms with E-state index in [1.807, 2.05) is 6.92 Å². The van der Waals surface area contributed by atoms with E-state index in [1.165, 1.54) is 12.8 Å². The Labute approximate surface area is 115 Å². The third-order valence-corrected chi connectivity index (χ3v) is 4.28. The molecule has 0 radical (unpaired) electrons. The van der Waals surface area contributed by atoms with Gasteiger partial charge >= 0.3 is 0 Å². The Kier molecular flexibility index (Phi) is 3.69. The number of hydrogen-bond acceptors (Lipinski definition) is 4. The molecule has 0 aromatic carbocycles. The lowest BCUT2D eigenvalue weighted by Gasteiger charge is -2.41. The number of aryl methyl sites for hydroxylation is 2. The molecule has 0 spiro atoms. The molecule has 104 valence electrons. The fraction of sp³-hybridized carbons (Fsp3) is 0.733. The van der Waals surface area contributed by atoms with Crippen molar-refractivity contribution in [2.24, 2.45) is 5.92 Å². The lowest BCUT2D eigenvalue weighted by atomic mass is 9.88. The molecule has 0 aliphatic carbocycles. The van der Waals surface area contributed by atoms with Crippen LogP contribution in [0.25, 0.3) is 0 Å². The summed E-state index contributed by atoms with van der Waals surface area (Å²) >= 11 is 0. The largest absolute Gasteiger partial charge is 0.378 e. The maximum absolute atomic E-state index is 5.88. The minimum absolute atomic E-state index is 0.485. The Morgan fingerprint density at radius 2 is 2.26 bits per heavy atom. The molecule has 2 atom stereocenters. The van der Waals surface area contributed by atoms with E-state index < -0.39 is 0 Å². The number of ether oxygens (including phenoxy) is 1. The summed E-state index contributed by atoms with van der Waals surface area (Å²) in [6.07, 6.45) is 5.09. The number of aromatic nitrogens is 2. The van der Waals surface area contributed by atoms with Gasteiger partial charge in [0.1, 0.15) is 11.6 Å². The Morgan fingerprint density at radius 3 is 3.11 bits per heavy atom. The highest BCUT2D eigenvalue weighted by Gasteiger charge is 2.32. The monoisotopic (exact) mass is 261 g/mol. The summed E-state index contributed by atoms with van der Waals surface area (Å²) in [6.45, 7) is 7.23. The number of fused-ring (bicyclic) bond motifs is 1. The Balaban J connectivity index is 1.77. The van der Waals surface area contributed by atoms with Gasteiger partial charge in [0, 0.05) is 37.4 Å². The van der Waals surface area contributed by atoms with Crippen LogP contribution >= 0.6 is 0 Å². The molecular weight excluding hydrogens is 238 g/mol. The van der Waals surface area contributed by atoms with E-state index in [4.69, 9.17) is 4.74 Å². The molecule has 2 saturated heterocycles. The minimum Gasteiger partial charge on any atom is -0.378 e. The molecule has 2 unspecified atom stereocenters. The molecule has 0 amide bonds. The summed E-state index contributed by atoms with van der Waals surface area (Å²) in [5.41, 5.74) is 1.14. The summed E-state index contributed by atoms with van der Waals surface area (Å²) in [5, 5.41) is 0. The summed E-state index contributed by atoms with van der Waals surface area (Å²) < 4.78 is 5.88.